The molecule has 0 saturated carbocycles. The highest BCUT2D eigenvalue weighted by molar-refractivity contribution is 5.94. The molecule has 0 aliphatic heterocycles. The zero-order chi connectivity index (χ0) is 17.6. The van der Waals surface area contributed by atoms with Crippen molar-refractivity contribution in [3.63, 3.8) is 0 Å². The second-order valence-corrected chi connectivity index (χ2v) is 5.38. The van der Waals surface area contributed by atoms with Crippen LogP contribution < -0.4 is 4.74 Å². The lowest BCUT2D eigenvalue weighted by Crippen LogP contribution is -2.31. The van der Waals surface area contributed by atoms with Gasteiger partial charge in [0, 0.05) is 31.2 Å². The van der Waals surface area contributed by atoms with Gasteiger partial charge in [0.25, 0.3) is 5.91 Å². The number of aromatic nitrogens is 3. The van der Waals surface area contributed by atoms with Crippen molar-refractivity contribution in [3.05, 3.63) is 72.7 Å². The van der Waals surface area contributed by atoms with E-state index in [9.17, 15) is 9.18 Å². The van der Waals surface area contributed by atoms with Crippen molar-refractivity contribution < 1.29 is 13.9 Å². The summed E-state index contributed by atoms with van der Waals surface area (Å²) >= 11 is 0. The number of benzene rings is 1. The highest BCUT2D eigenvalue weighted by Gasteiger charge is 2.13. The summed E-state index contributed by atoms with van der Waals surface area (Å²) in [5.41, 5.74) is 0.507. The Kier molecular flexibility index (Phi) is 5.03. The largest absolute Gasteiger partial charge is 0.489 e. The number of hydrogen-bond donors (Lipinski definition) is 0. The Labute approximate surface area is 144 Å². The molecule has 0 N–H and O–H groups in total. The number of halogens is 1. The van der Waals surface area contributed by atoms with E-state index in [1.54, 1.807) is 66.9 Å². The van der Waals surface area contributed by atoms with Crippen LogP contribution in [0.2, 0.25) is 0 Å². The van der Waals surface area contributed by atoms with E-state index in [-0.39, 0.29) is 18.3 Å². The minimum Gasteiger partial charge on any atom is -0.489 e. The number of nitrogens with zero attached hydrogens (tertiary/aromatic N) is 4. The fourth-order valence-electron chi connectivity index (χ4n) is 2.26. The van der Waals surface area contributed by atoms with Gasteiger partial charge in [0.2, 0.25) is 0 Å². The first kappa shape index (κ1) is 16.6. The van der Waals surface area contributed by atoms with Gasteiger partial charge in [-0.25, -0.2) is 14.4 Å². The molecule has 128 valence electrons. The fraction of sp³-hybridized carbons (Fsp3) is 0.167. The molecule has 2 heterocycles. The van der Waals surface area contributed by atoms with E-state index in [1.165, 1.54) is 11.0 Å². The molecule has 25 heavy (non-hydrogen) atoms. The molecule has 1 aromatic carbocycles. The topological polar surface area (TPSA) is 60.2 Å². The van der Waals surface area contributed by atoms with Crippen molar-refractivity contribution in [1.29, 1.82) is 0 Å². The summed E-state index contributed by atoms with van der Waals surface area (Å²) in [6.07, 6.45) is 6.58. The average molecular weight is 340 g/mol. The van der Waals surface area contributed by atoms with Crippen LogP contribution in [0.4, 0.5) is 4.39 Å². The third-order valence-corrected chi connectivity index (χ3v) is 3.63. The summed E-state index contributed by atoms with van der Waals surface area (Å²) in [7, 11) is 1.67. The number of likely N-dealkylation sites (N-methyl/N-ethyl adjacent to an activating group) is 1. The number of hydrogen-bond acceptors (Lipinski definition) is 4. The summed E-state index contributed by atoms with van der Waals surface area (Å²) in [6.45, 7) is 0.526. The molecule has 0 fully saturated rings. The van der Waals surface area contributed by atoms with E-state index in [4.69, 9.17) is 4.74 Å². The fourth-order valence-corrected chi connectivity index (χ4v) is 2.26. The summed E-state index contributed by atoms with van der Waals surface area (Å²) in [4.78, 5) is 22.2. The summed E-state index contributed by atoms with van der Waals surface area (Å²) in [5.74, 6) is 0.200. The predicted octanol–water partition coefficient (Wildman–Crippen LogP) is 2.56. The van der Waals surface area contributed by atoms with Gasteiger partial charge in [0.05, 0.1) is 6.54 Å². The first-order chi connectivity index (χ1) is 12.1. The number of ether oxygens (including phenoxy) is 1. The Morgan fingerprint density at radius 2 is 2.12 bits per heavy atom. The molecular weight excluding hydrogens is 323 g/mol. The summed E-state index contributed by atoms with van der Waals surface area (Å²) in [5, 5.41) is 0. The number of carbonyl (C=O) groups excluding carboxylic acids is 1. The van der Waals surface area contributed by atoms with E-state index in [1.807, 2.05) is 0 Å². The zero-order valence-corrected chi connectivity index (χ0v) is 13.7. The van der Waals surface area contributed by atoms with Crippen molar-refractivity contribution in [3.8, 4) is 11.6 Å². The Hall–Kier alpha value is -3.22. The van der Waals surface area contributed by atoms with Crippen LogP contribution in [0.1, 0.15) is 10.4 Å². The molecule has 0 atom stereocenters. The van der Waals surface area contributed by atoms with E-state index >= 15 is 0 Å². The molecule has 0 unspecified atom stereocenters. The Bertz CT molecular complexity index is 852. The van der Waals surface area contributed by atoms with Crippen molar-refractivity contribution in [1.82, 2.24) is 19.4 Å². The van der Waals surface area contributed by atoms with Crippen LogP contribution in [-0.4, -0.2) is 45.5 Å². The molecule has 0 aliphatic carbocycles. The van der Waals surface area contributed by atoms with Gasteiger partial charge in [-0.1, -0.05) is 12.1 Å². The standard InChI is InChI=1S/C18H17FN4O2/c1-22(10-11-25-16-5-3-2-4-15(16)19)18(24)14-6-7-21-17(12-14)23-9-8-20-13-23/h2-9,12-13H,10-11H2,1H3. The van der Waals surface area contributed by atoms with Crippen LogP contribution >= 0.6 is 0 Å². The first-order valence-corrected chi connectivity index (χ1v) is 7.72. The third-order valence-electron chi connectivity index (χ3n) is 3.63. The second kappa shape index (κ2) is 7.57. The molecule has 0 spiro atoms. The van der Waals surface area contributed by atoms with Crippen LogP contribution in [0, 0.1) is 5.82 Å². The predicted molar refractivity (Wildman–Crippen MR) is 90.2 cm³/mol. The minimum absolute atomic E-state index is 0.166. The van der Waals surface area contributed by atoms with Crippen molar-refractivity contribution in [2.45, 2.75) is 0 Å². The van der Waals surface area contributed by atoms with Crippen LogP contribution in [0.3, 0.4) is 0 Å². The van der Waals surface area contributed by atoms with Crippen LogP contribution in [0.5, 0.6) is 5.75 Å². The molecular formula is C18H17FN4O2. The molecule has 1 amide bonds. The van der Waals surface area contributed by atoms with Crippen molar-refractivity contribution in [2.24, 2.45) is 0 Å². The Balaban J connectivity index is 1.61. The lowest BCUT2D eigenvalue weighted by atomic mass is 10.2. The smallest absolute Gasteiger partial charge is 0.253 e. The molecule has 0 bridgehead atoms. The maximum Gasteiger partial charge on any atom is 0.253 e. The van der Waals surface area contributed by atoms with Gasteiger partial charge in [-0.2, -0.15) is 0 Å². The van der Waals surface area contributed by atoms with Crippen LogP contribution in [-0.2, 0) is 0 Å². The monoisotopic (exact) mass is 340 g/mol. The van der Waals surface area contributed by atoms with Gasteiger partial charge in [-0.15, -0.1) is 0 Å². The molecule has 0 radical (unpaired) electrons. The van der Waals surface area contributed by atoms with Gasteiger partial charge in [0.15, 0.2) is 11.6 Å². The maximum absolute atomic E-state index is 13.5. The lowest BCUT2D eigenvalue weighted by molar-refractivity contribution is 0.0772. The highest BCUT2D eigenvalue weighted by atomic mass is 19.1. The molecule has 7 heteroatoms. The van der Waals surface area contributed by atoms with Gasteiger partial charge < -0.3 is 9.64 Å². The number of carbonyl (C=O) groups is 1. The van der Waals surface area contributed by atoms with E-state index in [2.05, 4.69) is 9.97 Å². The molecule has 2 aromatic heterocycles. The van der Waals surface area contributed by atoms with Crippen molar-refractivity contribution >= 4 is 5.91 Å². The minimum atomic E-state index is -0.421. The molecule has 3 aromatic rings. The highest BCUT2D eigenvalue weighted by Crippen LogP contribution is 2.15. The molecule has 6 nitrogen and oxygen atoms in total. The normalized spacial score (nSPS) is 10.5. The number of amides is 1. The molecule has 3 rings (SSSR count). The lowest BCUT2D eigenvalue weighted by Gasteiger charge is -2.18. The first-order valence-electron chi connectivity index (χ1n) is 7.72. The van der Waals surface area contributed by atoms with E-state index < -0.39 is 5.82 Å². The Morgan fingerprint density at radius 3 is 2.88 bits per heavy atom. The summed E-state index contributed by atoms with van der Waals surface area (Å²) < 4.78 is 20.6. The number of para-hydroxylation sites is 1. The number of imidazole rings is 1. The molecule has 0 aliphatic rings. The third kappa shape index (κ3) is 4.00. The van der Waals surface area contributed by atoms with Crippen LogP contribution in [0.15, 0.2) is 61.3 Å². The zero-order valence-electron chi connectivity index (χ0n) is 13.7. The van der Waals surface area contributed by atoms with Gasteiger partial charge >= 0.3 is 0 Å². The average Bonchev–Trinajstić information content (AvgIpc) is 3.17. The van der Waals surface area contributed by atoms with E-state index in [0.29, 0.717) is 17.9 Å². The van der Waals surface area contributed by atoms with Crippen LogP contribution in [0.25, 0.3) is 5.82 Å². The van der Waals surface area contributed by atoms with E-state index in [0.717, 1.165) is 0 Å². The second-order valence-electron chi connectivity index (χ2n) is 5.38. The maximum atomic E-state index is 13.5. The number of rotatable bonds is 6. The van der Waals surface area contributed by atoms with Crippen molar-refractivity contribution in [2.75, 3.05) is 20.2 Å². The van der Waals surface area contributed by atoms with Gasteiger partial charge in [0.1, 0.15) is 18.8 Å². The Morgan fingerprint density at radius 1 is 1.28 bits per heavy atom. The SMILES string of the molecule is CN(CCOc1ccccc1F)C(=O)c1ccnc(-n2ccnc2)c1. The molecule has 0 saturated heterocycles. The number of pyridine rings is 1. The van der Waals surface area contributed by atoms with Gasteiger partial charge in [-0.05, 0) is 24.3 Å². The quantitative estimate of drug-likeness (QED) is 0.692. The summed E-state index contributed by atoms with van der Waals surface area (Å²) in [6, 6.07) is 9.52. The van der Waals surface area contributed by atoms with Gasteiger partial charge in [-0.3, -0.25) is 9.36 Å².